The number of nitrogens with zero attached hydrogens (tertiary/aromatic N) is 1. The number of benzene rings is 1. The number of hydrogen-bond acceptors (Lipinski definition) is 5. The molecule has 0 saturated heterocycles. The van der Waals surface area contributed by atoms with Crippen LogP contribution in [0.25, 0.3) is 0 Å². The molecular formula is C27H43N3O4S. The predicted octanol–water partition coefficient (Wildman–Crippen LogP) is 4.80. The molecule has 2 rings (SSSR count). The normalized spacial score (nSPS) is 15.5. The van der Waals surface area contributed by atoms with E-state index in [-0.39, 0.29) is 23.6 Å². The van der Waals surface area contributed by atoms with Gasteiger partial charge in [-0.15, -0.1) is 0 Å². The highest BCUT2D eigenvalue weighted by Crippen LogP contribution is 2.34. The van der Waals surface area contributed by atoms with Crippen molar-refractivity contribution in [1.82, 2.24) is 15.5 Å². The molecular weight excluding hydrogens is 462 g/mol. The lowest BCUT2D eigenvalue weighted by Crippen LogP contribution is -2.58. The van der Waals surface area contributed by atoms with Crippen molar-refractivity contribution in [2.75, 3.05) is 12.3 Å². The fourth-order valence-electron chi connectivity index (χ4n) is 4.06. The molecule has 1 aromatic carbocycles. The summed E-state index contributed by atoms with van der Waals surface area (Å²) in [5, 5.41) is 5.72. The number of carbonyl (C=O) groups is 3. The first-order chi connectivity index (χ1) is 16.6. The molecule has 0 aromatic heterocycles. The van der Waals surface area contributed by atoms with Crippen LogP contribution in [0.5, 0.6) is 0 Å². The second kappa shape index (κ2) is 13.8. The molecule has 2 atom stereocenters. The summed E-state index contributed by atoms with van der Waals surface area (Å²) in [6.07, 6.45) is 5.84. The molecule has 0 aliphatic heterocycles. The Kier molecular flexibility index (Phi) is 11.4. The first-order valence-electron chi connectivity index (χ1n) is 12.9. The number of thiol groups is 1. The van der Waals surface area contributed by atoms with Gasteiger partial charge in [0.1, 0.15) is 17.7 Å². The van der Waals surface area contributed by atoms with Crippen molar-refractivity contribution >= 4 is 30.5 Å². The average Bonchev–Trinajstić information content (AvgIpc) is 2.77. The monoisotopic (exact) mass is 505 g/mol. The van der Waals surface area contributed by atoms with Gasteiger partial charge in [-0.1, -0.05) is 51.0 Å². The van der Waals surface area contributed by atoms with Gasteiger partial charge < -0.3 is 20.3 Å². The minimum absolute atomic E-state index is 0.0671. The van der Waals surface area contributed by atoms with Crippen molar-refractivity contribution in [1.29, 1.82) is 0 Å². The number of aryl methyl sites for hydroxylation is 1. The smallest absolute Gasteiger partial charge is 0.408 e. The molecule has 196 valence electrons. The molecule has 7 nitrogen and oxygen atoms in total. The highest BCUT2D eigenvalue weighted by molar-refractivity contribution is 7.80. The molecule has 8 heteroatoms. The first kappa shape index (κ1) is 29.0. The second-order valence-electron chi connectivity index (χ2n) is 10.2. The van der Waals surface area contributed by atoms with Gasteiger partial charge in [-0.3, -0.25) is 9.59 Å². The van der Waals surface area contributed by atoms with Crippen LogP contribution in [0, 0.1) is 0 Å². The van der Waals surface area contributed by atoms with Crippen LogP contribution in [0.3, 0.4) is 0 Å². The van der Waals surface area contributed by atoms with Crippen LogP contribution < -0.4 is 10.6 Å². The van der Waals surface area contributed by atoms with Crippen LogP contribution >= 0.6 is 12.6 Å². The maximum absolute atomic E-state index is 13.9. The molecule has 3 amide bonds. The van der Waals surface area contributed by atoms with Crippen LogP contribution in [0.4, 0.5) is 4.79 Å². The van der Waals surface area contributed by atoms with Crippen molar-refractivity contribution in [3.05, 3.63) is 35.4 Å². The van der Waals surface area contributed by atoms with Crippen molar-refractivity contribution in [3.63, 3.8) is 0 Å². The highest BCUT2D eigenvalue weighted by Gasteiger charge is 2.41. The maximum atomic E-state index is 13.9. The van der Waals surface area contributed by atoms with E-state index in [1.54, 1.807) is 25.7 Å². The third-order valence-electron chi connectivity index (χ3n) is 6.20. The van der Waals surface area contributed by atoms with E-state index in [0.29, 0.717) is 6.54 Å². The van der Waals surface area contributed by atoms with Gasteiger partial charge in [-0.2, -0.15) is 12.6 Å². The Bertz CT molecular complexity index is 834. The summed E-state index contributed by atoms with van der Waals surface area (Å²) in [6, 6.07) is 6.14. The molecule has 0 spiro atoms. The summed E-state index contributed by atoms with van der Waals surface area (Å²) in [5.41, 5.74) is 1.24. The van der Waals surface area contributed by atoms with Crippen LogP contribution in [0.1, 0.15) is 90.3 Å². The third-order valence-corrected chi connectivity index (χ3v) is 6.57. The van der Waals surface area contributed by atoms with E-state index < -0.39 is 23.8 Å². The quantitative estimate of drug-likeness (QED) is 0.281. The molecule has 1 aliphatic carbocycles. The van der Waals surface area contributed by atoms with Gasteiger partial charge in [0.05, 0.1) is 0 Å². The standard InChI is InChI=1S/C27H43N3O4S/c1-6-8-9-17-28-24(31)23(20-15-13-19(7-2)14-16-20)30(21-11-10-12-21)25(32)22(18-35)29-26(33)34-27(3,4)5/h13-16,21-23,35H,6-12,17-18H2,1-5H3,(H,28,31)(H,29,33). The van der Waals surface area contributed by atoms with E-state index in [9.17, 15) is 14.4 Å². The van der Waals surface area contributed by atoms with Crippen LogP contribution in [0.15, 0.2) is 24.3 Å². The zero-order chi connectivity index (χ0) is 26.0. The minimum atomic E-state index is -0.904. The SMILES string of the molecule is CCCCCNC(=O)C(c1ccc(CC)cc1)N(C(=O)C(CS)NC(=O)OC(C)(C)C)C1CCC1. The number of nitrogens with one attached hydrogen (secondary N) is 2. The van der Waals surface area contributed by atoms with E-state index >= 15 is 0 Å². The lowest BCUT2D eigenvalue weighted by atomic mass is 9.88. The van der Waals surface area contributed by atoms with Gasteiger partial charge in [0.15, 0.2) is 0 Å². The Morgan fingerprint density at radius 2 is 1.77 bits per heavy atom. The van der Waals surface area contributed by atoms with E-state index in [1.807, 2.05) is 24.3 Å². The fraction of sp³-hybridized carbons (Fsp3) is 0.667. The molecule has 1 aliphatic rings. The largest absolute Gasteiger partial charge is 0.444 e. The summed E-state index contributed by atoms with van der Waals surface area (Å²) < 4.78 is 5.36. The molecule has 1 saturated carbocycles. The van der Waals surface area contributed by atoms with Crippen molar-refractivity contribution in [3.8, 4) is 0 Å². The molecule has 2 N–H and O–H groups in total. The zero-order valence-corrected chi connectivity index (χ0v) is 22.8. The molecule has 0 radical (unpaired) electrons. The molecule has 1 aromatic rings. The van der Waals surface area contributed by atoms with Crippen LogP contribution in [-0.4, -0.2) is 52.8 Å². The van der Waals surface area contributed by atoms with E-state index in [2.05, 4.69) is 37.1 Å². The number of ether oxygens (including phenoxy) is 1. The summed E-state index contributed by atoms with van der Waals surface area (Å²) in [7, 11) is 0. The number of hydrogen-bond donors (Lipinski definition) is 3. The van der Waals surface area contributed by atoms with E-state index in [1.165, 1.54) is 0 Å². The number of rotatable bonds is 12. The van der Waals surface area contributed by atoms with E-state index in [0.717, 1.165) is 56.1 Å². The summed E-state index contributed by atoms with van der Waals surface area (Å²) in [5.74, 6) is -0.411. The van der Waals surface area contributed by atoms with Crippen molar-refractivity contribution in [2.24, 2.45) is 0 Å². The van der Waals surface area contributed by atoms with Gasteiger partial charge in [0.2, 0.25) is 11.8 Å². The summed E-state index contributed by atoms with van der Waals surface area (Å²) in [6.45, 7) is 10.1. The van der Waals surface area contributed by atoms with Crippen LogP contribution in [-0.2, 0) is 20.7 Å². The molecule has 0 bridgehead atoms. The van der Waals surface area contributed by atoms with Crippen LogP contribution in [0.2, 0.25) is 0 Å². The zero-order valence-electron chi connectivity index (χ0n) is 21.9. The molecule has 1 fully saturated rings. The van der Waals surface area contributed by atoms with Crippen molar-refractivity contribution in [2.45, 2.75) is 103 Å². The van der Waals surface area contributed by atoms with Gasteiger partial charge in [-0.05, 0) is 64.0 Å². The van der Waals surface area contributed by atoms with E-state index in [4.69, 9.17) is 4.74 Å². The number of alkyl carbamates (subject to hydrolysis) is 1. The van der Waals surface area contributed by atoms with Gasteiger partial charge in [-0.25, -0.2) is 4.79 Å². The van der Waals surface area contributed by atoms with Crippen molar-refractivity contribution < 1.29 is 19.1 Å². The molecule has 2 unspecified atom stereocenters. The first-order valence-corrected chi connectivity index (χ1v) is 13.5. The summed E-state index contributed by atoms with van der Waals surface area (Å²) in [4.78, 5) is 41.5. The lowest BCUT2D eigenvalue weighted by Gasteiger charge is -2.43. The average molecular weight is 506 g/mol. The Balaban J connectivity index is 2.36. The number of amides is 3. The molecule has 35 heavy (non-hydrogen) atoms. The Morgan fingerprint density at radius 1 is 1.11 bits per heavy atom. The topological polar surface area (TPSA) is 87.7 Å². The van der Waals surface area contributed by atoms with Gasteiger partial charge in [0.25, 0.3) is 0 Å². The van der Waals surface area contributed by atoms with Gasteiger partial charge in [0, 0.05) is 18.3 Å². The summed E-state index contributed by atoms with van der Waals surface area (Å²) >= 11 is 4.35. The number of unbranched alkanes of at least 4 members (excludes halogenated alkanes) is 2. The highest BCUT2D eigenvalue weighted by atomic mass is 32.1. The maximum Gasteiger partial charge on any atom is 0.408 e. The Hall–Kier alpha value is -2.22. The third kappa shape index (κ3) is 8.74. The van der Waals surface area contributed by atoms with Gasteiger partial charge >= 0.3 is 6.09 Å². The second-order valence-corrected chi connectivity index (χ2v) is 10.6. The minimum Gasteiger partial charge on any atom is -0.444 e. The predicted molar refractivity (Wildman–Crippen MR) is 143 cm³/mol. The number of carbonyl (C=O) groups excluding carboxylic acids is 3. The lowest BCUT2D eigenvalue weighted by molar-refractivity contribution is -0.147. The molecule has 0 heterocycles. The fourth-order valence-corrected chi connectivity index (χ4v) is 4.30. The Labute approximate surface area is 216 Å². The Morgan fingerprint density at radius 3 is 2.26 bits per heavy atom.